The van der Waals surface area contributed by atoms with Gasteiger partial charge in [-0.3, -0.25) is 4.79 Å². The Morgan fingerprint density at radius 1 is 1.47 bits per heavy atom. The average Bonchev–Trinajstić information content (AvgIpc) is 2.19. The lowest BCUT2D eigenvalue weighted by Gasteiger charge is -2.38. The van der Waals surface area contributed by atoms with Gasteiger partial charge >= 0.3 is 5.97 Å². The Balaban J connectivity index is 2.76. The number of carboxylic acid groups (broad SMARTS) is 1. The normalized spacial score (nSPS) is 36.5. The Hall–Kier alpha value is -0.610. The molecule has 0 bridgehead atoms. The standard InChI is InChI=1S/C11H21NO3/c1-3-4-7-5-6-8(13)9(11(14)15)10(7)12-2/h7-10,12-13H,3-6H2,1-2H3,(H,14,15)/t7-,8+,9?,10?/m1/s1. The van der Waals surface area contributed by atoms with Crippen LogP contribution >= 0.6 is 0 Å². The summed E-state index contributed by atoms with van der Waals surface area (Å²) in [4.78, 5) is 11.1. The van der Waals surface area contributed by atoms with Crippen LogP contribution in [0.1, 0.15) is 32.6 Å². The average molecular weight is 215 g/mol. The van der Waals surface area contributed by atoms with Crippen molar-refractivity contribution < 1.29 is 15.0 Å². The second-order valence-corrected chi connectivity index (χ2v) is 4.37. The summed E-state index contributed by atoms with van der Waals surface area (Å²) in [7, 11) is 1.78. The lowest BCUT2D eigenvalue weighted by atomic mass is 9.73. The van der Waals surface area contributed by atoms with E-state index in [1.165, 1.54) is 0 Å². The van der Waals surface area contributed by atoms with Crippen molar-refractivity contribution in [2.45, 2.75) is 44.8 Å². The number of aliphatic carboxylic acids is 1. The highest BCUT2D eigenvalue weighted by Gasteiger charge is 2.41. The Labute approximate surface area is 90.7 Å². The fourth-order valence-electron chi connectivity index (χ4n) is 2.70. The van der Waals surface area contributed by atoms with Crippen molar-refractivity contribution in [2.24, 2.45) is 11.8 Å². The molecule has 1 saturated carbocycles. The van der Waals surface area contributed by atoms with Crippen LogP contribution in [0.4, 0.5) is 0 Å². The summed E-state index contributed by atoms with van der Waals surface area (Å²) in [5.74, 6) is -1.16. The number of carboxylic acids is 1. The van der Waals surface area contributed by atoms with Crippen LogP contribution in [0.2, 0.25) is 0 Å². The molecule has 4 nitrogen and oxygen atoms in total. The van der Waals surface area contributed by atoms with Crippen molar-refractivity contribution in [3.8, 4) is 0 Å². The second kappa shape index (κ2) is 5.47. The molecular weight excluding hydrogens is 194 g/mol. The Morgan fingerprint density at radius 3 is 2.60 bits per heavy atom. The van der Waals surface area contributed by atoms with E-state index in [-0.39, 0.29) is 6.04 Å². The van der Waals surface area contributed by atoms with E-state index in [1.807, 2.05) is 0 Å². The van der Waals surface area contributed by atoms with Gasteiger partial charge in [0.1, 0.15) is 0 Å². The third-order valence-corrected chi connectivity index (χ3v) is 3.42. The van der Waals surface area contributed by atoms with E-state index >= 15 is 0 Å². The Kier molecular flexibility index (Phi) is 4.54. The van der Waals surface area contributed by atoms with E-state index < -0.39 is 18.0 Å². The molecule has 15 heavy (non-hydrogen) atoms. The first-order valence-electron chi connectivity index (χ1n) is 5.70. The van der Waals surface area contributed by atoms with Crippen LogP contribution in [-0.4, -0.2) is 35.4 Å². The highest BCUT2D eigenvalue weighted by atomic mass is 16.4. The molecule has 1 aliphatic rings. The summed E-state index contributed by atoms with van der Waals surface area (Å²) in [5, 5.41) is 21.9. The minimum absolute atomic E-state index is 0.0915. The zero-order valence-corrected chi connectivity index (χ0v) is 9.44. The maximum Gasteiger partial charge on any atom is 0.310 e. The summed E-state index contributed by atoms with van der Waals surface area (Å²) in [6.07, 6.45) is 2.92. The highest BCUT2D eigenvalue weighted by molar-refractivity contribution is 5.72. The SMILES string of the molecule is CCC[C@@H]1CC[C@H](O)C(C(=O)O)C1NC. The minimum atomic E-state index is -0.886. The van der Waals surface area contributed by atoms with Gasteiger partial charge in [-0.25, -0.2) is 0 Å². The molecule has 1 aliphatic carbocycles. The van der Waals surface area contributed by atoms with Crippen molar-refractivity contribution in [3.05, 3.63) is 0 Å². The van der Waals surface area contributed by atoms with Gasteiger partial charge in [-0.1, -0.05) is 13.3 Å². The van der Waals surface area contributed by atoms with Gasteiger partial charge in [-0.2, -0.15) is 0 Å². The summed E-state index contributed by atoms with van der Waals surface area (Å²) >= 11 is 0. The zero-order chi connectivity index (χ0) is 11.4. The lowest BCUT2D eigenvalue weighted by molar-refractivity contribution is -0.150. The summed E-state index contributed by atoms with van der Waals surface area (Å²) in [6, 6.07) is -0.0915. The molecule has 0 aromatic rings. The van der Waals surface area contributed by atoms with Gasteiger partial charge in [0.05, 0.1) is 12.0 Å². The quantitative estimate of drug-likeness (QED) is 0.650. The number of hydrogen-bond acceptors (Lipinski definition) is 3. The molecule has 88 valence electrons. The minimum Gasteiger partial charge on any atom is -0.481 e. The van der Waals surface area contributed by atoms with Gasteiger partial charge in [0.2, 0.25) is 0 Å². The smallest absolute Gasteiger partial charge is 0.310 e. The molecule has 0 aromatic carbocycles. The largest absolute Gasteiger partial charge is 0.481 e. The molecule has 4 heteroatoms. The molecule has 0 radical (unpaired) electrons. The molecule has 0 aromatic heterocycles. The van der Waals surface area contributed by atoms with Crippen LogP contribution in [0, 0.1) is 11.8 Å². The Morgan fingerprint density at radius 2 is 2.13 bits per heavy atom. The molecule has 0 amide bonds. The van der Waals surface area contributed by atoms with E-state index in [2.05, 4.69) is 12.2 Å². The molecule has 1 fully saturated rings. The molecule has 0 saturated heterocycles. The van der Waals surface area contributed by atoms with Crippen LogP contribution in [0.25, 0.3) is 0 Å². The first-order valence-corrected chi connectivity index (χ1v) is 5.70. The first-order chi connectivity index (χ1) is 7.11. The molecule has 2 unspecified atom stereocenters. The molecular formula is C11H21NO3. The van der Waals surface area contributed by atoms with E-state index in [4.69, 9.17) is 5.11 Å². The van der Waals surface area contributed by atoms with Crippen LogP contribution < -0.4 is 5.32 Å². The zero-order valence-electron chi connectivity index (χ0n) is 9.44. The fourth-order valence-corrected chi connectivity index (χ4v) is 2.70. The number of carbonyl (C=O) groups is 1. The molecule has 1 rings (SSSR count). The molecule has 0 spiro atoms. The van der Waals surface area contributed by atoms with Crippen molar-refractivity contribution in [2.75, 3.05) is 7.05 Å². The van der Waals surface area contributed by atoms with E-state index in [1.54, 1.807) is 7.05 Å². The first kappa shape index (κ1) is 12.5. The van der Waals surface area contributed by atoms with Crippen LogP contribution in [0.3, 0.4) is 0 Å². The van der Waals surface area contributed by atoms with Gasteiger partial charge in [0, 0.05) is 6.04 Å². The third-order valence-electron chi connectivity index (χ3n) is 3.42. The number of hydrogen-bond donors (Lipinski definition) is 3. The van der Waals surface area contributed by atoms with Gasteiger partial charge in [-0.05, 0) is 32.2 Å². The predicted molar refractivity (Wildman–Crippen MR) is 57.6 cm³/mol. The van der Waals surface area contributed by atoms with E-state index in [0.29, 0.717) is 12.3 Å². The van der Waals surface area contributed by atoms with Crippen molar-refractivity contribution in [3.63, 3.8) is 0 Å². The van der Waals surface area contributed by atoms with Gasteiger partial charge in [0.25, 0.3) is 0 Å². The van der Waals surface area contributed by atoms with Crippen molar-refractivity contribution >= 4 is 5.97 Å². The number of rotatable bonds is 4. The molecule has 0 aliphatic heterocycles. The van der Waals surface area contributed by atoms with Gasteiger partial charge in [-0.15, -0.1) is 0 Å². The van der Waals surface area contributed by atoms with Gasteiger partial charge < -0.3 is 15.5 Å². The van der Waals surface area contributed by atoms with Crippen molar-refractivity contribution in [1.29, 1.82) is 0 Å². The second-order valence-electron chi connectivity index (χ2n) is 4.37. The monoisotopic (exact) mass is 215 g/mol. The maximum atomic E-state index is 11.1. The van der Waals surface area contributed by atoms with E-state index in [9.17, 15) is 9.90 Å². The highest BCUT2D eigenvalue weighted by Crippen LogP contribution is 2.32. The fraction of sp³-hybridized carbons (Fsp3) is 0.909. The van der Waals surface area contributed by atoms with Crippen LogP contribution in [0.5, 0.6) is 0 Å². The number of aliphatic hydroxyl groups is 1. The summed E-state index contributed by atoms with van der Waals surface area (Å²) in [5.41, 5.74) is 0. The lowest BCUT2D eigenvalue weighted by Crippen LogP contribution is -2.52. The van der Waals surface area contributed by atoms with Crippen LogP contribution in [0.15, 0.2) is 0 Å². The van der Waals surface area contributed by atoms with Crippen LogP contribution in [-0.2, 0) is 4.79 Å². The maximum absolute atomic E-state index is 11.1. The van der Waals surface area contributed by atoms with Gasteiger partial charge in [0.15, 0.2) is 0 Å². The topological polar surface area (TPSA) is 69.6 Å². The summed E-state index contributed by atoms with van der Waals surface area (Å²) in [6.45, 7) is 2.10. The van der Waals surface area contributed by atoms with E-state index in [0.717, 1.165) is 19.3 Å². The molecule has 3 N–H and O–H groups in total. The molecule has 0 heterocycles. The predicted octanol–water partition coefficient (Wildman–Crippen LogP) is 0.846. The molecule has 4 atom stereocenters. The number of aliphatic hydroxyl groups excluding tert-OH is 1. The third kappa shape index (κ3) is 2.69. The Bertz CT molecular complexity index is 220. The van der Waals surface area contributed by atoms with Crippen molar-refractivity contribution in [1.82, 2.24) is 5.32 Å². The number of nitrogens with one attached hydrogen (secondary N) is 1. The summed E-state index contributed by atoms with van der Waals surface area (Å²) < 4.78 is 0.